The molecule has 0 bridgehead atoms. The Morgan fingerprint density at radius 3 is 2.19 bits per heavy atom. The third-order valence-electron chi connectivity index (χ3n) is 3.02. The summed E-state index contributed by atoms with van der Waals surface area (Å²) in [5.74, 6) is -1.53. The number of phenolic OH excluding ortho intramolecular Hbond substituents is 1. The average molecular weight is 285 g/mol. The molecule has 2 rings (SSSR count). The van der Waals surface area contributed by atoms with E-state index in [2.05, 4.69) is 5.32 Å². The Morgan fingerprint density at radius 2 is 1.62 bits per heavy atom. The van der Waals surface area contributed by atoms with Crippen LogP contribution in [0.2, 0.25) is 0 Å². The van der Waals surface area contributed by atoms with Gasteiger partial charge in [-0.2, -0.15) is 0 Å². The molecule has 0 aliphatic rings. The number of carbonyl (C=O) groups is 2. The third kappa shape index (κ3) is 4.07. The molecule has 0 aromatic heterocycles. The molecule has 0 aliphatic heterocycles. The lowest BCUT2D eigenvalue weighted by molar-refractivity contribution is -0.139. The van der Waals surface area contributed by atoms with Crippen LogP contribution in [0.3, 0.4) is 0 Å². The molecule has 0 radical (unpaired) electrons. The van der Waals surface area contributed by atoms with E-state index < -0.39 is 17.9 Å². The van der Waals surface area contributed by atoms with Crippen LogP contribution in [-0.4, -0.2) is 28.1 Å². The topological polar surface area (TPSA) is 86.6 Å². The van der Waals surface area contributed by atoms with Crippen LogP contribution < -0.4 is 5.32 Å². The Kier molecular flexibility index (Phi) is 4.56. The summed E-state index contributed by atoms with van der Waals surface area (Å²) < 4.78 is 0. The van der Waals surface area contributed by atoms with E-state index in [0.29, 0.717) is 5.56 Å². The number of hydrogen-bond donors (Lipinski definition) is 3. The number of nitrogens with one attached hydrogen (secondary N) is 1. The lowest BCUT2D eigenvalue weighted by Gasteiger charge is -2.14. The Hall–Kier alpha value is -2.82. The van der Waals surface area contributed by atoms with Gasteiger partial charge < -0.3 is 15.5 Å². The molecule has 2 aromatic rings. The van der Waals surface area contributed by atoms with Gasteiger partial charge in [0, 0.05) is 12.0 Å². The molecule has 21 heavy (non-hydrogen) atoms. The highest BCUT2D eigenvalue weighted by atomic mass is 16.4. The van der Waals surface area contributed by atoms with Gasteiger partial charge in [-0.3, -0.25) is 4.79 Å². The van der Waals surface area contributed by atoms with Gasteiger partial charge in [0.15, 0.2) is 0 Å². The largest absolute Gasteiger partial charge is 0.508 e. The van der Waals surface area contributed by atoms with Crippen LogP contribution in [0.15, 0.2) is 54.6 Å². The molecule has 3 N–H and O–H groups in total. The molecular weight excluding hydrogens is 270 g/mol. The number of aromatic hydroxyl groups is 1. The second-order valence-corrected chi connectivity index (χ2v) is 4.60. The maximum Gasteiger partial charge on any atom is 0.326 e. The molecule has 0 saturated heterocycles. The quantitative estimate of drug-likeness (QED) is 0.782. The Morgan fingerprint density at radius 1 is 1.00 bits per heavy atom. The molecule has 2 aromatic carbocycles. The molecule has 1 unspecified atom stereocenters. The highest BCUT2D eigenvalue weighted by Crippen LogP contribution is 2.10. The molecular formula is C16H15NO4. The van der Waals surface area contributed by atoms with Crippen molar-refractivity contribution < 1.29 is 19.8 Å². The zero-order valence-corrected chi connectivity index (χ0v) is 11.2. The molecule has 1 atom stereocenters. The van der Waals surface area contributed by atoms with Crippen LogP contribution in [-0.2, 0) is 11.2 Å². The van der Waals surface area contributed by atoms with Gasteiger partial charge in [0.1, 0.15) is 11.8 Å². The molecule has 0 fully saturated rings. The SMILES string of the molecule is O=C(NC(Cc1ccccc1)C(=O)O)c1ccc(O)cc1. The number of carbonyl (C=O) groups excluding carboxylic acids is 1. The van der Waals surface area contributed by atoms with Crippen molar-refractivity contribution in [2.75, 3.05) is 0 Å². The summed E-state index contributed by atoms with van der Waals surface area (Å²) in [7, 11) is 0. The molecule has 0 saturated carbocycles. The molecule has 108 valence electrons. The van der Waals surface area contributed by atoms with Crippen molar-refractivity contribution in [2.45, 2.75) is 12.5 Å². The highest BCUT2D eigenvalue weighted by Gasteiger charge is 2.21. The summed E-state index contributed by atoms with van der Waals surface area (Å²) in [5.41, 5.74) is 1.13. The van der Waals surface area contributed by atoms with Gasteiger partial charge >= 0.3 is 5.97 Å². The zero-order chi connectivity index (χ0) is 15.2. The number of amides is 1. The van der Waals surface area contributed by atoms with Gasteiger partial charge in [-0.05, 0) is 29.8 Å². The van der Waals surface area contributed by atoms with Crippen LogP contribution in [0.4, 0.5) is 0 Å². The van der Waals surface area contributed by atoms with Crippen molar-refractivity contribution in [2.24, 2.45) is 0 Å². The van der Waals surface area contributed by atoms with Gasteiger partial charge in [0.25, 0.3) is 5.91 Å². The molecule has 0 spiro atoms. The number of rotatable bonds is 5. The summed E-state index contributed by atoms with van der Waals surface area (Å²) in [5, 5.41) is 20.9. The third-order valence-corrected chi connectivity index (χ3v) is 3.02. The summed E-state index contributed by atoms with van der Waals surface area (Å²) in [6, 6.07) is 13.7. The first-order valence-corrected chi connectivity index (χ1v) is 6.43. The first-order chi connectivity index (χ1) is 10.1. The fourth-order valence-corrected chi connectivity index (χ4v) is 1.90. The lowest BCUT2D eigenvalue weighted by Crippen LogP contribution is -2.42. The van der Waals surface area contributed by atoms with Gasteiger partial charge in [0.05, 0.1) is 0 Å². The van der Waals surface area contributed by atoms with Crippen molar-refractivity contribution in [1.82, 2.24) is 5.32 Å². The van der Waals surface area contributed by atoms with Crippen molar-refractivity contribution in [3.63, 3.8) is 0 Å². The Bertz CT molecular complexity index is 622. The predicted molar refractivity (Wildman–Crippen MR) is 77.1 cm³/mol. The van der Waals surface area contributed by atoms with Crippen molar-refractivity contribution in [1.29, 1.82) is 0 Å². The van der Waals surface area contributed by atoms with E-state index in [0.717, 1.165) is 5.56 Å². The number of hydrogen-bond acceptors (Lipinski definition) is 3. The minimum absolute atomic E-state index is 0.0469. The first-order valence-electron chi connectivity index (χ1n) is 6.43. The van der Waals surface area contributed by atoms with Gasteiger partial charge in [0.2, 0.25) is 0 Å². The first kappa shape index (κ1) is 14.6. The number of carboxylic acids is 1. The van der Waals surface area contributed by atoms with Gasteiger partial charge in [-0.15, -0.1) is 0 Å². The average Bonchev–Trinajstić information content (AvgIpc) is 2.48. The van der Waals surface area contributed by atoms with Crippen LogP contribution in [0.25, 0.3) is 0 Å². The summed E-state index contributed by atoms with van der Waals surface area (Å²) in [6.07, 6.45) is 0.208. The van der Waals surface area contributed by atoms with Crippen LogP contribution in [0.5, 0.6) is 5.75 Å². The summed E-state index contributed by atoms with van der Waals surface area (Å²) >= 11 is 0. The number of carboxylic acid groups (broad SMARTS) is 1. The normalized spacial score (nSPS) is 11.6. The van der Waals surface area contributed by atoms with Crippen molar-refractivity contribution >= 4 is 11.9 Å². The predicted octanol–water partition coefficient (Wildman–Crippen LogP) is 1.82. The molecule has 0 heterocycles. The number of aliphatic carboxylic acids is 1. The maximum absolute atomic E-state index is 12.0. The molecule has 1 amide bonds. The second-order valence-electron chi connectivity index (χ2n) is 4.60. The van der Waals surface area contributed by atoms with E-state index in [4.69, 9.17) is 0 Å². The fraction of sp³-hybridized carbons (Fsp3) is 0.125. The minimum atomic E-state index is -1.09. The smallest absolute Gasteiger partial charge is 0.326 e. The van der Waals surface area contributed by atoms with Crippen LogP contribution in [0.1, 0.15) is 15.9 Å². The van der Waals surface area contributed by atoms with E-state index in [1.807, 2.05) is 30.3 Å². The fourth-order valence-electron chi connectivity index (χ4n) is 1.90. The molecule has 5 heteroatoms. The number of phenols is 1. The van der Waals surface area contributed by atoms with E-state index in [1.165, 1.54) is 24.3 Å². The number of benzene rings is 2. The Balaban J connectivity index is 2.07. The van der Waals surface area contributed by atoms with Crippen molar-refractivity contribution in [3.05, 3.63) is 65.7 Å². The van der Waals surface area contributed by atoms with Gasteiger partial charge in [-0.25, -0.2) is 4.79 Å². The standard InChI is InChI=1S/C16H15NO4/c18-13-8-6-12(7-9-13)15(19)17-14(16(20)21)10-11-4-2-1-3-5-11/h1-9,14,18H,10H2,(H,17,19)(H,20,21). The van der Waals surface area contributed by atoms with E-state index in [-0.39, 0.29) is 12.2 Å². The van der Waals surface area contributed by atoms with Crippen LogP contribution >= 0.6 is 0 Å². The summed E-state index contributed by atoms with van der Waals surface area (Å²) in [4.78, 5) is 23.3. The van der Waals surface area contributed by atoms with Crippen molar-refractivity contribution in [3.8, 4) is 5.75 Å². The molecule has 0 aliphatic carbocycles. The minimum Gasteiger partial charge on any atom is -0.508 e. The second kappa shape index (κ2) is 6.56. The highest BCUT2D eigenvalue weighted by molar-refractivity contribution is 5.96. The Labute approximate surface area is 121 Å². The van der Waals surface area contributed by atoms with E-state index >= 15 is 0 Å². The van der Waals surface area contributed by atoms with E-state index in [1.54, 1.807) is 0 Å². The monoisotopic (exact) mass is 285 g/mol. The zero-order valence-electron chi connectivity index (χ0n) is 11.2. The van der Waals surface area contributed by atoms with Gasteiger partial charge in [-0.1, -0.05) is 30.3 Å². The lowest BCUT2D eigenvalue weighted by atomic mass is 10.1. The van der Waals surface area contributed by atoms with Crippen LogP contribution in [0, 0.1) is 0 Å². The van der Waals surface area contributed by atoms with E-state index in [9.17, 15) is 19.8 Å². The molecule has 5 nitrogen and oxygen atoms in total. The summed E-state index contributed by atoms with van der Waals surface area (Å²) in [6.45, 7) is 0. The maximum atomic E-state index is 12.0.